The summed E-state index contributed by atoms with van der Waals surface area (Å²) in [6, 6.07) is 12.0. The zero-order valence-corrected chi connectivity index (χ0v) is 16.0. The van der Waals surface area contributed by atoms with Gasteiger partial charge >= 0.3 is 6.03 Å². The van der Waals surface area contributed by atoms with E-state index >= 15 is 0 Å². The number of fused-ring (bicyclic) bond motifs is 1. The first kappa shape index (κ1) is 18.2. The zero-order chi connectivity index (χ0) is 19.9. The van der Waals surface area contributed by atoms with Crippen LogP contribution in [-0.4, -0.2) is 36.3 Å². The van der Waals surface area contributed by atoms with Crippen molar-refractivity contribution >= 4 is 17.7 Å². The van der Waals surface area contributed by atoms with Gasteiger partial charge in [0, 0.05) is 5.56 Å². The highest BCUT2D eigenvalue weighted by atomic mass is 16.5. The molecule has 1 heterocycles. The molecule has 2 aromatic rings. The van der Waals surface area contributed by atoms with Gasteiger partial charge < -0.3 is 10.1 Å². The second-order valence-electron chi connectivity index (χ2n) is 7.44. The van der Waals surface area contributed by atoms with Gasteiger partial charge in [-0.15, -0.1) is 0 Å². The fourth-order valence-electron chi connectivity index (χ4n) is 3.94. The van der Waals surface area contributed by atoms with Crippen molar-refractivity contribution < 1.29 is 19.1 Å². The van der Waals surface area contributed by atoms with Crippen LogP contribution in [0.5, 0.6) is 5.75 Å². The zero-order valence-electron chi connectivity index (χ0n) is 16.0. The monoisotopic (exact) mass is 378 g/mol. The van der Waals surface area contributed by atoms with Crippen molar-refractivity contribution in [1.29, 1.82) is 0 Å². The molecular weight excluding hydrogens is 356 g/mol. The van der Waals surface area contributed by atoms with Gasteiger partial charge in [0.2, 0.25) is 0 Å². The second-order valence-corrected chi connectivity index (χ2v) is 7.44. The summed E-state index contributed by atoms with van der Waals surface area (Å²) < 4.78 is 5.14. The molecular formula is C22H22N2O4. The number of ketones is 1. The van der Waals surface area contributed by atoms with Gasteiger partial charge in [-0.3, -0.25) is 14.5 Å². The van der Waals surface area contributed by atoms with Crippen molar-refractivity contribution in [1.82, 2.24) is 10.2 Å². The number of urea groups is 1. The van der Waals surface area contributed by atoms with E-state index in [4.69, 9.17) is 4.74 Å². The molecule has 1 fully saturated rings. The van der Waals surface area contributed by atoms with Crippen LogP contribution in [-0.2, 0) is 23.2 Å². The van der Waals surface area contributed by atoms with E-state index in [9.17, 15) is 14.4 Å². The fraction of sp³-hybridized carbons (Fsp3) is 0.318. The Morgan fingerprint density at radius 3 is 2.54 bits per heavy atom. The molecule has 2 aromatic carbocycles. The van der Waals surface area contributed by atoms with Gasteiger partial charge in [-0.05, 0) is 61.1 Å². The van der Waals surface area contributed by atoms with Crippen LogP contribution in [0.2, 0.25) is 0 Å². The molecule has 1 saturated heterocycles. The van der Waals surface area contributed by atoms with Crippen LogP contribution in [0.1, 0.15) is 40.4 Å². The number of methoxy groups -OCH3 is 1. The third-order valence-electron chi connectivity index (χ3n) is 5.66. The third-order valence-corrected chi connectivity index (χ3v) is 5.66. The quantitative estimate of drug-likeness (QED) is 0.641. The number of benzene rings is 2. The number of ether oxygens (including phenoxy) is 1. The molecule has 28 heavy (non-hydrogen) atoms. The predicted molar refractivity (Wildman–Crippen MR) is 103 cm³/mol. The highest BCUT2D eigenvalue weighted by molar-refractivity contribution is 6.11. The Morgan fingerprint density at radius 1 is 1.11 bits per heavy atom. The average Bonchev–Trinajstić information content (AvgIpc) is 3.26. The first-order chi connectivity index (χ1) is 13.4. The molecule has 3 amide bonds. The maximum Gasteiger partial charge on any atom is 0.325 e. The lowest BCUT2D eigenvalue weighted by Crippen LogP contribution is -2.41. The molecule has 1 aliphatic carbocycles. The van der Waals surface area contributed by atoms with Crippen molar-refractivity contribution in [3.8, 4) is 5.75 Å². The molecule has 4 rings (SSSR count). The molecule has 1 N–H and O–H groups in total. The number of carbonyl (C=O) groups excluding carboxylic acids is 3. The molecule has 1 aliphatic heterocycles. The first-order valence-corrected chi connectivity index (χ1v) is 9.36. The van der Waals surface area contributed by atoms with Crippen LogP contribution in [0, 0.1) is 0 Å². The van der Waals surface area contributed by atoms with Crippen LogP contribution in [0.25, 0.3) is 0 Å². The number of aryl methyl sites for hydroxylation is 2. The SMILES string of the molecule is COc1ccc(C2(C)NC(=O)N(CC(=O)c3ccc4c(c3)CCC4)C2=O)cc1. The van der Waals surface area contributed by atoms with Crippen molar-refractivity contribution in [3.63, 3.8) is 0 Å². The smallest absolute Gasteiger partial charge is 0.325 e. The lowest BCUT2D eigenvalue weighted by atomic mass is 9.92. The Bertz CT molecular complexity index is 967. The summed E-state index contributed by atoms with van der Waals surface area (Å²) in [5.41, 5.74) is 2.44. The van der Waals surface area contributed by atoms with Gasteiger partial charge in [0.25, 0.3) is 5.91 Å². The van der Waals surface area contributed by atoms with Crippen LogP contribution in [0.3, 0.4) is 0 Å². The van der Waals surface area contributed by atoms with Crippen LogP contribution in [0.4, 0.5) is 4.79 Å². The molecule has 2 aliphatic rings. The maximum absolute atomic E-state index is 13.0. The van der Waals surface area contributed by atoms with E-state index in [0.29, 0.717) is 16.9 Å². The summed E-state index contributed by atoms with van der Waals surface area (Å²) in [6.07, 6.45) is 3.10. The lowest BCUT2D eigenvalue weighted by molar-refractivity contribution is -0.130. The van der Waals surface area contributed by atoms with Crippen molar-refractivity contribution in [2.45, 2.75) is 31.7 Å². The minimum atomic E-state index is -1.21. The van der Waals surface area contributed by atoms with Crippen LogP contribution in [0.15, 0.2) is 42.5 Å². The highest BCUT2D eigenvalue weighted by Crippen LogP contribution is 2.30. The number of Topliss-reactive ketones (excluding diaryl/α,β-unsaturated/α-hetero) is 1. The molecule has 0 radical (unpaired) electrons. The van der Waals surface area contributed by atoms with Crippen LogP contribution < -0.4 is 10.1 Å². The molecule has 0 aromatic heterocycles. The molecule has 0 spiro atoms. The molecule has 1 atom stereocenters. The van der Waals surface area contributed by atoms with Gasteiger partial charge in [-0.2, -0.15) is 0 Å². The number of nitrogens with zero attached hydrogens (tertiary/aromatic N) is 1. The van der Waals surface area contributed by atoms with E-state index in [2.05, 4.69) is 5.32 Å². The molecule has 6 heteroatoms. The van der Waals surface area contributed by atoms with Crippen LogP contribution >= 0.6 is 0 Å². The van der Waals surface area contributed by atoms with Gasteiger partial charge in [0.15, 0.2) is 5.78 Å². The minimum absolute atomic E-state index is 0.239. The summed E-state index contributed by atoms with van der Waals surface area (Å²) in [4.78, 5) is 39.2. The topological polar surface area (TPSA) is 75.7 Å². The lowest BCUT2D eigenvalue weighted by Gasteiger charge is -2.22. The van der Waals surface area contributed by atoms with E-state index in [1.165, 1.54) is 11.1 Å². The van der Waals surface area contributed by atoms with E-state index in [1.807, 2.05) is 12.1 Å². The Hall–Kier alpha value is -3.15. The number of carbonyl (C=O) groups is 3. The Balaban J connectivity index is 1.54. The third kappa shape index (κ3) is 2.95. The normalized spacial score (nSPS) is 20.9. The highest BCUT2D eigenvalue weighted by Gasteiger charge is 2.49. The van der Waals surface area contributed by atoms with E-state index in [1.54, 1.807) is 44.4 Å². The number of rotatable bonds is 5. The molecule has 0 saturated carbocycles. The Morgan fingerprint density at radius 2 is 1.82 bits per heavy atom. The molecule has 0 bridgehead atoms. The predicted octanol–water partition coefficient (Wildman–Crippen LogP) is 2.83. The summed E-state index contributed by atoms with van der Waals surface area (Å²) in [7, 11) is 1.56. The number of imide groups is 1. The van der Waals surface area contributed by atoms with Gasteiger partial charge in [-0.25, -0.2) is 4.79 Å². The van der Waals surface area contributed by atoms with E-state index in [0.717, 1.165) is 24.2 Å². The van der Waals surface area contributed by atoms with E-state index in [-0.39, 0.29) is 12.3 Å². The number of amides is 3. The summed E-state index contributed by atoms with van der Waals surface area (Å²) >= 11 is 0. The number of hydrogen-bond acceptors (Lipinski definition) is 4. The van der Waals surface area contributed by atoms with Crippen molar-refractivity contribution in [2.75, 3.05) is 13.7 Å². The van der Waals surface area contributed by atoms with Gasteiger partial charge in [0.05, 0.1) is 13.7 Å². The molecule has 1 unspecified atom stereocenters. The van der Waals surface area contributed by atoms with Crippen molar-refractivity contribution in [3.05, 3.63) is 64.7 Å². The second kappa shape index (κ2) is 6.78. The standard InChI is InChI=1S/C22H22N2O4/c1-22(17-8-10-18(28-2)11-9-17)20(26)24(21(27)23-22)13-19(25)16-7-6-14-4-3-5-15(14)12-16/h6-12H,3-5,13H2,1-2H3,(H,23,27). The fourth-order valence-corrected chi connectivity index (χ4v) is 3.94. The summed E-state index contributed by atoms with van der Waals surface area (Å²) in [5, 5.41) is 2.73. The average molecular weight is 378 g/mol. The number of nitrogens with one attached hydrogen (secondary N) is 1. The molecule has 144 valence electrons. The Kier molecular flexibility index (Phi) is 4.41. The molecule has 6 nitrogen and oxygen atoms in total. The summed E-state index contributed by atoms with van der Waals surface area (Å²) in [6.45, 7) is 1.38. The number of hydrogen-bond donors (Lipinski definition) is 1. The first-order valence-electron chi connectivity index (χ1n) is 9.36. The largest absolute Gasteiger partial charge is 0.497 e. The van der Waals surface area contributed by atoms with Gasteiger partial charge in [0.1, 0.15) is 11.3 Å². The maximum atomic E-state index is 13.0. The summed E-state index contributed by atoms with van der Waals surface area (Å²) in [5.74, 6) is -0.0119. The van der Waals surface area contributed by atoms with Gasteiger partial charge in [-0.1, -0.05) is 24.3 Å². The van der Waals surface area contributed by atoms with E-state index < -0.39 is 17.5 Å². The van der Waals surface area contributed by atoms with Crippen molar-refractivity contribution in [2.24, 2.45) is 0 Å². The Labute approximate surface area is 163 Å². The minimum Gasteiger partial charge on any atom is -0.497 e.